The monoisotopic (exact) mass is 263 g/mol. The molecule has 0 saturated carbocycles. The number of aromatic nitrogens is 2. The van der Waals surface area contributed by atoms with Crippen molar-refractivity contribution < 1.29 is 13.7 Å². The van der Waals surface area contributed by atoms with Gasteiger partial charge in [0.2, 0.25) is 5.89 Å². The highest BCUT2D eigenvalue weighted by atomic mass is 19.1. The Balaban J connectivity index is 1.70. The third kappa shape index (κ3) is 2.97. The third-order valence-corrected chi connectivity index (χ3v) is 2.96. The molecule has 1 fully saturated rings. The lowest BCUT2D eigenvalue weighted by molar-refractivity contribution is 0.0734. The summed E-state index contributed by atoms with van der Waals surface area (Å²) in [6.07, 6.45) is 0.429. The molecule has 0 radical (unpaired) electrons. The normalized spacial score (nSPS) is 19.5. The Morgan fingerprint density at radius 3 is 3.16 bits per heavy atom. The number of benzene rings is 1. The molecule has 1 aliphatic rings. The molecule has 1 atom stereocenters. The van der Waals surface area contributed by atoms with E-state index in [0.717, 1.165) is 12.1 Å². The summed E-state index contributed by atoms with van der Waals surface area (Å²) >= 11 is 0. The van der Waals surface area contributed by atoms with Gasteiger partial charge in [0.05, 0.1) is 25.7 Å². The highest BCUT2D eigenvalue weighted by molar-refractivity contribution is 5.19. The van der Waals surface area contributed by atoms with E-state index >= 15 is 0 Å². The second-order valence-electron chi connectivity index (χ2n) is 4.43. The molecule has 1 aliphatic heterocycles. The van der Waals surface area contributed by atoms with Crippen LogP contribution in [-0.2, 0) is 11.2 Å². The molecule has 3 rings (SSSR count). The number of rotatable bonds is 3. The number of halogens is 1. The summed E-state index contributed by atoms with van der Waals surface area (Å²) in [5.74, 6) is 0.804. The molecule has 5 nitrogen and oxygen atoms in total. The fraction of sp³-hybridized carbons (Fsp3) is 0.385. The average molecular weight is 263 g/mol. The Kier molecular flexibility index (Phi) is 3.52. The molecule has 100 valence electrons. The van der Waals surface area contributed by atoms with E-state index in [4.69, 9.17) is 9.26 Å². The largest absolute Gasteiger partial charge is 0.378 e. The molecule has 1 aromatic heterocycles. The van der Waals surface area contributed by atoms with Crippen molar-refractivity contribution in [2.45, 2.75) is 12.5 Å². The van der Waals surface area contributed by atoms with Gasteiger partial charge in [0, 0.05) is 6.54 Å². The van der Waals surface area contributed by atoms with E-state index in [0.29, 0.717) is 31.3 Å². The maximum Gasteiger partial charge on any atom is 0.231 e. The first kappa shape index (κ1) is 12.3. The lowest BCUT2D eigenvalue weighted by Crippen LogP contribution is -2.35. The van der Waals surface area contributed by atoms with Gasteiger partial charge in [-0.25, -0.2) is 4.39 Å². The van der Waals surface area contributed by atoms with Crippen molar-refractivity contribution in [2.75, 3.05) is 19.8 Å². The van der Waals surface area contributed by atoms with Crippen molar-refractivity contribution in [3.05, 3.63) is 47.4 Å². The Morgan fingerprint density at radius 1 is 1.42 bits per heavy atom. The molecule has 0 bridgehead atoms. The van der Waals surface area contributed by atoms with Crippen LogP contribution in [0.25, 0.3) is 0 Å². The molecule has 1 aromatic carbocycles. The maximum atomic E-state index is 13.1. The van der Waals surface area contributed by atoms with Gasteiger partial charge in [0.25, 0.3) is 0 Å². The number of ether oxygens (including phenoxy) is 1. The second-order valence-corrected chi connectivity index (χ2v) is 4.43. The van der Waals surface area contributed by atoms with Gasteiger partial charge in [-0.1, -0.05) is 17.3 Å². The van der Waals surface area contributed by atoms with E-state index in [1.165, 1.54) is 12.1 Å². The number of hydrogen-bond acceptors (Lipinski definition) is 5. The van der Waals surface area contributed by atoms with Gasteiger partial charge >= 0.3 is 0 Å². The van der Waals surface area contributed by atoms with E-state index in [1.54, 1.807) is 6.07 Å². The van der Waals surface area contributed by atoms with Crippen LogP contribution in [0.4, 0.5) is 4.39 Å². The van der Waals surface area contributed by atoms with E-state index in [1.807, 2.05) is 6.07 Å². The van der Waals surface area contributed by atoms with Crippen LogP contribution in [0.15, 0.2) is 28.8 Å². The third-order valence-electron chi connectivity index (χ3n) is 2.96. The molecular weight excluding hydrogens is 249 g/mol. The molecular formula is C13H14FN3O2. The topological polar surface area (TPSA) is 60.2 Å². The van der Waals surface area contributed by atoms with Crippen LogP contribution < -0.4 is 5.32 Å². The molecule has 6 heteroatoms. The van der Waals surface area contributed by atoms with E-state index < -0.39 is 0 Å². The van der Waals surface area contributed by atoms with E-state index in [2.05, 4.69) is 15.5 Å². The SMILES string of the molecule is Fc1cccc(Cc2nc(C3COCCN3)no2)c1. The number of nitrogens with zero attached hydrogens (tertiary/aromatic N) is 2. The van der Waals surface area contributed by atoms with Gasteiger partial charge in [0.1, 0.15) is 5.82 Å². The summed E-state index contributed by atoms with van der Waals surface area (Å²) in [7, 11) is 0. The lowest BCUT2D eigenvalue weighted by Gasteiger charge is -2.20. The van der Waals surface area contributed by atoms with Crippen molar-refractivity contribution in [2.24, 2.45) is 0 Å². The molecule has 1 N–H and O–H groups in total. The summed E-state index contributed by atoms with van der Waals surface area (Å²) in [6.45, 7) is 2.02. The first-order chi connectivity index (χ1) is 9.31. The zero-order chi connectivity index (χ0) is 13.1. The van der Waals surface area contributed by atoms with Crippen LogP contribution in [0, 0.1) is 5.82 Å². The van der Waals surface area contributed by atoms with Crippen LogP contribution in [0.5, 0.6) is 0 Å². The zero-order valence-corrected chi connectivity index (χ0v) is 10.3. The summed E-state index contributed by atoms with van der Waals surface area (Å²) in [5, 5.41) is 7.19. The standard InChI is InChI=1S/C13H14FN3O2/c14-10-3-1-2-9(6-10)7-12-16-13(17-19-12)11-8-18-5-4-15-11/h1-3,6,11,15H,4-5,7-8H2. The van der Waals surface area contributed by atoms with Crippen molar-refractivity contribution >= 4 is 0 Å². The fourth-order valence-electron chi connectivity index (χ4n) is 2.03. The molecule has 2 heterocycles. The van der Waals surface area contributed by atoms with Gasteiger partial charge in [-0.15, -0.1) is 0 Å². The molecule has 1 saturated heterocycles. The molecule has 19 heavy (non-hydrogen) atoms. The summed E-state index contributed by atoms with van der Waals surface area (Å²) in [5.41, 5.74) is 0.808. The first-order valence-corrected chi connectivity index (χ1v) is 6.19. The predicted octanol–water partition coefficient (Wildman–Crippen LogP) is 1.46. The molecule has 0 aliphatic carbocycles. The van der Waals surface area contributed by atoms with Crippen molar-refractivity contribution in [3.63, 3.8) is 0 Å². The maximum absolute atomic E-state index is 13.1. The number of hydrogen-bond donors (Lipinski definition) is 1. The van der Waals surface area contributed by atoms with Crippen molar-refractivity contribution in [3.8, 4) is 0 Å². The minimum atomic E-state index is -0.264. The van der Waals surface area contributed by atoms with Crippen molar-refractivity contribution in [1.82, 2.24) is 15.5 Å². The first-order valence-electron chi connectivity index (χ1n) is 6.19. The van der Waals surface area contributed by atoms with Gasteiger partial charge in [-0.3, -0.25) is 0 Å². The Bertz CT molecular complexity index is 552. The second kappa shape index (κ2) is 5.46. The number of morpholine rings is 1. The van der Waals surface area contributed by atoms with Gasteiger partial charge in [0.15, 0.2) is 5.82 Å². The number of nitrogens with one attached hydrogen (secondary N) is 1. The van der Waals surface area contributed by atoms with Gasteiger partial charge in [-0.2, -0.15) is 4.98 Å². The summed E-state index contributed by atoms with van der Waals surface area (Å²) in [4.78, 5) is 4.32. The molecule has 0 spiro atoms. The predicted molar refractivity (Wildman–Crippen MR) is 65.1 cm³/mol. The van der Waals surface area contributed by atoms with E-state index in [9.17, 15) is 4.39 Å². The van der Waals surface area contributed by atoms with Crippen LogP contribution in [0.1, 0.15) is 23.3 Å². The zero-order valence-electron chi connectivity index (χ0n) is 10.3. The summed E-state index contributed by atoms with van der Waals surface area (Å²) < 4.78 is 23.6. The quantitative estimate of drug-likeness (QED) is 0.908. The Labute approximate surface area is 109 Å². The fourth-order valence-corrected chi connectivity index (χ4v) is 2.03. The van der Waals surface area contributed by atoms with E-state index in [-0.39, 0.29) is 11.9 Å². The van der Waals surface area contributed by atoms with Crippen LogP contribution in [-0.4, -0.2) is 29.9 Å². The van der Waals surface area contributed by atoms with Crippen LogP contribution in [0.3, 0.4) is 0 Å². The minimum absolute atomic E-state index is 0.0289. The Morgan fingerprint density at radius 2 is 2.37 bits per heavy atom. The van der Waals surface area contributed by atoms with Crippen molar-refractivity contribution in [1.29, 1.82) is 0 Å². The lowest BCUT2D eigenvalue weighted by atomic mass is 10.1. The highest BCUT2D eigenvalue weighted by Crippen LogP contribution is 2.14. The molecule has 2 aromatic rings. The summed E-state index contributed by atoms with van der Waals surface area (Å²) in [6, 6.07) is 6.34. The minimum Gasteiger partial charge on any atom is -0.378 e. The smallest absolute Gasteiger partial charge is 0.231 e. The highest BCUT2D eigenvalue weighted by Gasteiger charge is 2.20. The molecule has 0 amide bonds. The van der Waals surface area contributed by atoms with Crippen LogP contribution in [0.2, 0.25) is 0 Å². The van der Waals surface area contributed by atoms with Gasteiger partial charge in [-0.05, 0) is 17.7 Å². The Hall–Kier alpha value is -1.79. The average Bonchev–Trinajstić information content (AvgIpc) is 2.88. The van der Waals surface area contributed by atoms with Gasteiger partial charge < -0.3 is 14.6 Å². The van der Waals surface area contributed by atoms with Crippen LogP contribution >= 0.6 is 0 Å². The molecule has 1 unspecified atom stereocenters.